The smallest absolute Gasteiger partial charge is 0.266 e. The second kappa shape index (κ2) is 7.85. The lowest BCUT2D eigenvalue weighted by Crippen LogP contribution is -2.35. The minimum atomic E-state index is -0.158. The monoisotopic (exact) mass is 344 g/mol. The molecule has 2 aromatic rings. The van der Waals surface area contributed by atoms with Crippen LogP contribution in [-0.2, 0) is 11.2 Å². The summed E-state index contributed by atoms with van der Waals surface area (Å²) in [4.78, 5) is 28.4. The predicted molar refractivity (Wildman–Crippen MR) is 97.9 cm³/mol. The molecule has 0 unspecified atom stereocenters. The average Bonchev–Trinajstić information content (AvgIpc) is 2.90. The summed E-state index contributed by atoms with van der Waals surface area (Å²) in [5.41, 5.74) is 3.34. The van der Waals surface area contributed by atoms with Crippen LogP contribution in [0, 0.1) is 13.8 Å². The molecule has 6 nitrogen and oxygen atoms in total. The molecule has 0 radical (unpaired) electrons. The molecular formula is C19H28N4O2. The van der Waals surface area contributed by atoms with E-state index in [4.69, 9.17) is 0 Å². The zero-order valence-electron chi connectivity index (χ0n) is 15.2. The van der Waals surface area contributed by atoms with Gasteiger partial charge >= 0.3 is 0 Å². The molecule has 25 heavy (non-hydrogen) atoms. The van der Waals surface area contributed by atoms with Crippen molar-refractivity contribution in [2.75, 3.05) is 0 Å². The number of carbonyl (C=O) groups is 1. The van der Waals surface area contributed by atoms with Crippen LogP contribution in [0.2, 0.25) is 0 Å². The van der Waals surface area contributed by atoms with E-state index in [0.29, 0.717) is 24.5 Å². The third kappa shape index (κ3) is 4.30. The second-order valence-electron chi connectivity index (χ2n) is 7.18. The van der Waals surface area contributed by atoms with Crippen LogP contribution >= 0.6 is 0 Å². The van der Waals surface area contributed by atoms with Crippen LogP contribution in [0.15, 0.2) is 10.9 Å². The van der Waals surface area contributed by atoms with E-state index in [1.165, 1.54) is 38.2 Å². The number of aryl methyl sites for hydroxylation is 2. The third-order valence-electron chi connectivity index (χ3n) is 5.27. The number of nitrogens with one attached hydrogen (secondary N) is 2. The lowest BCUT2D eigenvalue weighted by molar-refractivity contribution is -0.121. The van der Waals surface area contributed by atoms with E-state index in [1.807, 2.05) is 13.8 Å². The first-order valence-corrected chi connectivity index (χ1v) is 9.42. The Bertz CT molecular complexity index is 798. The number of fused-ring (bicyclic) bond motifs is 1. The summed E-state index contributed by atoms with van der Waals surface area (Å²) in [6.07, 6.45) is 9.61. The maximum absolute atomic E-state index is 12.4. The minimum Gasteiger partial charge on any atom is -0.353 e. The predicted octanol–water partition coefficient (Wildman–Crippen LogP) is 2.80. The third-order valence-corrected chi connectivity index (χ3v) is 5.27. The normalized spacial score (nSPS) is 16.6. The van der Waals surface area contributed by atoms with Crippen molar-refractivity contribution in [3.8, 4) is 0 Å². The van der Waals surface area contributed by atoms with E-state index in [2.05, 4.69) is 15.4 Å². The maximum atomic E-state index is 12.4. The van der Waals surface area contributed by atoms with Gasteiger partial charge in [0.05, 0.1) is 0 Å². The van der Waals surface area contributed by atoms with Crippen molar-refractivity contribution >= 4 is 11.6 Å². The van der Waals surface area contributed by atoms with E-state index in [0.717, 1.165) is 29.8 Å². The van der Waals surface area contributed by atoms with Gasteiger partial charge in [-0.25, -0.2) is 9.50 Å². The van der Waals surface area contributed by atoms with Gasteiger partial charge in [-0.15, -0.1) is 0 Å². The Balaban J connectivity index is 1.63. The fourth-order valence-electron chi connectivity index (χ4n) is 3.86. The van der Waals surface area contributed by atoms with Crippen molar-refractivity contribution in [3.63, 3.8) is 0 Å². The number of H-pyrrole nitrogens is 1. The van der Waals surface area contributed by atoms with Crippen LogP contribution in [-0.4, -0.2) is 26.5 Å². The van der Waals surface area contributed by atoms with Crippen molar-refractivity contribution in [3.05, 3.63) is 33.4 Å². The molecule has 0 saturated heterocycles. The second-order valence-corrected chi connectivity index (χ2v) is 7.18. The summed E-state index contributed by atoms with van der Waals surface area (Å²) in [6.45, 7) is 3.90. The Kier molecular flexibility index (Phi) is 5.56. The molecule has 2 heterocycles. The van der Waals surface area contributed by atoms with Crippen LogP contribution in [0.1, 0.15) is 68.3 Å². The number of hydrogen-bond acceptors (Lipinski definition) is 3. The van der Waals surface area contributed by atoms with Gasteiger partial charge in [0.25, 0.3) is 5.56 Å². The van der Waals surface area contributed by atoms with Gasteiger partial charge in [0.15, 0.2) is 5.65 Å². The SMILES string of the molecule is Cc1nc2cc(=O)[nH]n2c(C)c1CCC(=O)NC1CCCCCCC1. The van der Waals surface area contributed by atoms with E-state index in [-0.39, 0.29) is 11.5 Å². The molecule has 1 amide bonds. The van der Waals surface area contributed by atoms with Crippen LogP contribution in [0.25, 0.3) is 5.65 Å². The van der Waals surface area contributed by atoms with Crippen molar-refractivity contribution in [2.24, 2.45) is 0 Å². The Labute approximate surface area is 148 Å². The molecule has 1 fully saturated rings. The topological polar surface area (TPSA) is 79.3 Å². The van der Waals surface area contributed by atoms with E-state index in [1.54, 1.807) is 4.52 Å². The molecule has 3 rings (SSSR count). The summed E-state index contributed by atoms with van der Waals surface area (Å²) >= 11 is 0. The van der Waals surface area contributed by atoms with Crippen molar-refractivity contribution in [2.45, 2.75) is 77.7 Å². The van der Waals surface area contributed by atoms with E-state index in [9.17, 15) is 9.59 Å². The molecule has 2 aromatic heterocycles. The summed E-state index contributed by atoms with van der Waals surface area (Å²) in [5.74, 6) is 0.116. The molecule has 1 saturated carbocycles. The average molecular weight is 344 g/mol. The van der Waals surface area contributed by atoms with Gasteiger partial charge in [0.1, 0.15) is 0 Å². The van der Waals surface area contributed by atoms with Crippen molar-refractivity contribution < 1.29 is 4.79 Å². The van der Waals surface area contributed by atoms with Crippen LogP contribution in [0.4, 0.5) is 0 Å². The number of amides is 1. The summed E-state index contributed by atoms with van der Waals surface area (Å²) < 4.78 is 1.71. The standard InChI is InChI=1S/C19H28N4O2/c1-13-16(14(2)23-17(20-13)12-19(25)22-23)10-11-18(24)21-15-8-6-4-3-5-7-9-15/h12,15H,3-11H2,1-2H3,(H,21,24)(H,22,25). The number of hydrogen-bond donors (Lipinski definition) is 2. The van der Waals surface area contributed by atoms with E-state index >= 15 is 0 Å². The van der Waals surface area contributed by atoms with Crippen LogP contribution in [0.3, 0.4) is 0 Å². The number of aromatic amines is 1. The first kappa shape index (κ1) is 17.7. The molecule has 136 valence electrons. The molecule has 0 bridgehead atoms. The molecule has 2 N–H and O–H groups in total. The minimum absolute atomic E-state index is 0.116. The van der Waals surface area contributed by atoms with Gasteiger partial charge in [-0.2, -0.15) is 0 Å². The number of nitrogens with zero attached hydrogens (tertiary/aromatic N) is 2. The number of carbonyl (C=O) groups excluding carboxylic acids is 1. The summed E-state index contributed by atoms with van der Waals surface area (Å²) in [6, 6.07) is 1.82. The van der Waals surface area contributed by atoms with Crippen LogP contribution < -0.4 is 10.9 Å². The molecule has 1 aliphatic carbocycles. The van der Waals surface area contributed by atoms with Crippen LogP contribution in [0.5, 0.6) is 0 Å². The highest BCUT2D eigenvalue weighted by molar-refractivity contribution is 5.76. The fourth-order valence-corrected chi connectivity index (χ4v) is 3.86. The Morgan fingerprint density at radius 1 is 1.24 bits per heavy atom. The zero-order chi connectivity index (χ0) is 17.8. The molecule has 0 aliphatic heterocycles. The molecule has 0 aromatic carbocycles. The molecule has 1 aliphatic rings. The lowest BCUT2D eigenvalue weighted by Gasteiger charge is -2.21. The summed E-state index contributed by atoms with van der Waals surface area (Å²) in [5, 5.41) is 5.97. The first-order chi connectivity index (χ1) is 12.0. The summed E-state index contributed by atoms with van der Waals surface area (Å²) in [7, 11) is 0. The number of rotatable bonds is 4. The molecule has 0 spiro atoms. The molecule has 0 atom stereocenters. The largest absolute Gasteiger partial charge is 0.353 e. The lowest BCUT2D eigenvalue weighted by atomic mass is 9.96. The quantitative estimate of drug-likeness (QED) is 0.895. The van der Waals surface area contributed by atoms with Crippen molar-refractivity contribution in [1.29, 1.82) is 0 Å². The maximum Gasteiger partial charge on any atom is 0.266 e. The molecular weight excluding hydrogens is 316 g/mol. The van der Waals surface area contributed by atoms with Gasteiger partial charge in [-0.3, -0.25) is 14.7 Å². The van der Waals surface area contributed by atoms with Gasteiger partial charge < -0.3 is 5.32 Å². The van der Waals surface area contributed by atoms with Gasteiger partial charge in [-0.05, 0) is 38.7 Å². The Morgan fingerprint density at radius 2 is 1.92 bits per heavy atom. The molecule has 6 heteroatoms. The first-order valence-electron chi connectivity index (χ1n) is 9.42. The highest BCUT2D eigenvalue weighted by Crippen LogP contribution is 2.18. The van der Waals surface area contributed by atoms with E-state index < -0.39 is 0 Å². The Hall–Kier alpha value is -2.11. The fraction of sp³-hybridized carbons (Fsp3) is 0.632. The van der Waals surface area contributed by atoms with Gasteiger partial charge in [0.2, 0.25) is 5.91 Å². The Morgan fingerprint density at radius 3 is 2.64 bits per heavy atom. The van der Waals surface area contributed by atoms with Gasteiger partial charge in [-0.1, -0.05) is 32.1 Å². The highest BCUT2D eigenvalue weighted by Gasteiger charge is 2.16. The highest BCUT2D eigenvalue weighted by atomic mass is 16.1. The zero-order valence-corrected chi connectivity index (χ0v) is 15.2. The number of aromatic nitrogens is 3. The van der Waals surface area contributed by atoms with Crippen molar-refractivity contribution in [1.82, 2.24) is 19.9 Å². The van der Waals surface area contributed by atoms with Gasteiger partial charge in [0, 0.05) is 29.9 Å².